The number of nitrogens with zero attached hydrogens (tertiary/aromatic N) is 1. The van der Waals surface area contributed by atoms with Crippen molar-refractivity contribution >= 4 is 23.2 Å². The number of hydrogen-bond acceptors (Lipinski definition) is 3. The van der Waals surface area contributed by atoms with E-state index in [0.29, 0.717) is 5.69 Å². The first kappa shape index (κ1) is 14.6. The summed E-state index contributed by atoms with van der Waals surface area (Å²) in [5, 5.41) is 1.71. The number of ether oxygens (including phenoxy) is 1. The molecule has 0 fully saturated rings. The minimum atomic E-state index is -4.41. The van der Waals surface area contributed by atoms with Gasteiger partial charge in [-0.2, -0.15) is 13.2 Å². The molecule has 0 aromatic carbocycles. The highest BCUT2D eigenvalue weighted by Gasteiger charge is 2.28. The second-order valence-electron chi connectivity index (χ2n) is 3.39. The molecular weight excluding hydrogens is 273 g/mol. The monoisotopic (exact) mass is 282 g/mol. The van der Waals surface area contributed by atoms with Gasteiger partial charge in [-0.3, -0.25) is 4.79 Å². The predicted molar refractivity (Wildman–Crippen MR) is 59.7 cm³/mol. The lowest BCUT2D eigenvalue weighted by Gasteiger charge is -2.09. The van der Waals surface area contributed by atoms with E-state index in [-0.39, 0.29) is 5.88 Å². The first-order valence-electron chi connectivity index (χ1n) is 4.88. The first-order chi connectivity index (χ1) is 8.28. The van der Waals surface area contributed by atoms with Crippen LogP contribution in [-0.4, -0.2) is 29.1 Å². The molecule has 0 aliphatic carbocycles. The topological polar surface area (TPSA) is 51.2 Å². The van der Waals surface area contributed by atoms with Crippen LogP contribution in [0, 0.1) is 0 Å². The Morgan fingerprint density at radius 2 is 2.22 bits per heavy atom. The Kier molecular flexibility index (Phi) is 4.77. The first-order valence-corrected chi connectivity index (χ1v) is 5.32. The van der Waals surface area contributed by atoms with Crippen molar-refractivity contribution in [3.63, 3.8) is 0 Å². The third-order valence-corrected chi connectivity index (χ3v) is 1.95. The number of hydrogen-bond donors (Lipinski definition) is 1. The molecule has 1 aromatic rings. The van der Waals surface area contributed by atoms with Gasteiger partial charge in [-0.1, -0.05) is 0 Å². The van der Waals surface area contributed by atoms with Crippen LogP contribution < -0.4 is 10.1 Å². The molecule has 0 spiro atoms. The highest BCUT2D eigenvalue weighted by molar-refractivity contribution is 6.32. The van der Waals surface area contributed by atoms with Gasteiger partial charge in [-0.25, -0.2) is 4.98 Å². The van der Waals surface area contributed by atoms with E-state index in [9.17, 15) is 18.0 Å². The highest BCUT2D eigenvalue weighted by atomic mass is 35.5. The normalized spacial score (nSPS) is 12.9. The maximum atomic E-state index is 11.9. The average molecular weight is 283 g/mol. The second kappa shape index (κ2) is 5.90. The summed E-state index contributed by atoms with van der Waals surface area (Å²) in [6.07, 6.45) is -3.23. The lowest BCUT2D eigenvalue weighted by molar-refractivity contribution is -0.154. The number of carbonyl (C=O) groups excluding carboxylic acids is 1. The van der Waals surface area contributed by atoms with E-state index in [1.807, 2.05) is 0 Å². The van der Waals surface area contributed by atoms with Crippen LogP contribution in [0.1, 0.15) is 6.92 Å². The molecule has 1 amide bonds. The summed E-state index contributed by atoms with van der Waals surface area (Å²) in [5.74, 6) is -0.605. The predicted octanol–water partition coefficient (Wildman–Crippen LogP) is 2.59. The van der Waals surface area contributed by atoms with Gasteiger partial charge in [0.05, 0.1) is 11.9 Å². The quantitative estimate of drug-likeness (QED) is 0.864. The minimum absolute atomic E-state index is 0.177. The Bertz CT molecular complexity index is 407. The minimum Gasteiger partial charge on any atom is -0.468 e. The molecule has 1 atom stereocenters. The summed E-state index contributed by atoms with van der Waals surface area (Å²) in [4.78, 5) is 14.8. The van der Waals surface area contributed by atoms with Crippen molar-refractivity contribution in [3.8, 4) is 5.88 Å². The molecule has 1 heterocycles. The molecule has 0 aliphatic rings. The van der Waals surface area contributed by atoms with Crippen LogP contribution >= 0.6 is 11.6 Å². The zero-order valence-corrected chi connectivity index (χ0v) is 10.0. The Labute approximate surface area is 106 Å². The molecule has 0 aliphatic heterocycles. The molecule has 0 radical (unpaired) electrons. The van der Waals surface area contributed by atoms with Crippen LogP contribution in [0.15, 0.2) is 18.3 Å². The molecular formula is C10H10ClF3N2O2. The number of halogens is 4. The fraction of sp³-hybridized carbons (Fsp3) is 0.400. The van der Waals surface area contributed by atoms with Gasteiger partial charge in [0.25, 0.3) is 0 Å². The van der Waals surface area contributed by atoms with Gasteiger partial charge in [0.1, 0.15) is 5.38 Å². The van der Waals surface area contributed by atoms with Crippen molar-refractivity contribution in [3.05, 3.63) is 18.3 Å². The number of alkyl halides is 4. The van der Waals surface area contributed by atoms with Crippen molar-refractivity contribution < 1.29 is 22.7 Å². The average Bonchev–Trinajstić information content (AvgIpc) is 2.27. The fourth-order valence-electron chi connectivity index (χ4n) is 0.937. The molecule has 1 N–H and O–H groups in total. The summed E-state index contributed by atoms with van der Waals surface area (Å²) in [7, 11) is 0. The Morgan fingerprint density at radius 3 is 2.67 bits per heavy atom. The van der Waals surface area contributed by atoms with Crippen LogP contribution in [0.5, 0.6) is 5.88 Å². The van der Waals surface area contributed by atoms with Crippen molar-refractivity contribution in [1.29, 1.82) is 0 Å². The third kappa shape index (κ3) is 5.22. The zero-order valence-electron chi connectivity index (χ0n) is 9.29. The Hall–Kier alpha value is -1.50. The molecule has 1 unspecified atom stereocenters. The molecule has 8 heteroatoms. The Morgan fingerprint density at radius 1 is 1.56 bits per heavy atom. The summed E-state index contributed by atoms with van der Waals surface area (Å²) in [6.45, 7) is 0.0789. The highest BCUT2D eigenvalue weighted by Crippen LogP contribution is 2.18. The molecule has 0 saturated heterocycles. The van der Waals surface area contributed by atoms with Gasteiger partial charge in [-0.15, -0.1) is 11.6 Å². The molecule has 4 nitrogen and oxygen atoms in total. The number of anilines is 1. The van der Waals surface area contributed by atoms with Crippen LogP contribution in [0.25, 0.3) is 0 Å². The van der Waals surface area contributed by atoms with E-state index in [1.54, 1.807) is 0 Å². The summed E-state index contributed by atoms with van der Waals surface area (Å²) in [6, 6.07) is 2.59. The molecule has 0 bridgehead atoms. The number of carbonyl (C=O) groups is 1. The second-order valence-corrected chi connectivity index (χ2v) is 4.05. The Balaban J connectivity index is 2.55. The maximum Gasteiger partial charge on any atom is 0.422 e. The van der Waals surface area contributed by atoms with Crippen LogP contribution in [0.4, 0.5) is 18.9 Å². The maximum absolute atomic E-state index is 11.9. The molecule has 0 saturated carbocycles. The smallest absolute Gasteiger partial charge is 0.422 e. The molecule has 100 valence electrons. The van der Waals surface area contributed by atoms with E-state index < -0.39 is 24.1 Å². The van der Waals surface area contributed by atoms with E-state index in [4.69, 9.17) is 11.6 Å². The van der Waals surface area contributed by atoms with Gasteiger partial charge >= 0.3 is 6.18 Å². The molecule has 18 heavy (non-hydrogen) atoms. The largest absolute Gasteiger partial charge is 0.468 e. The van der Waals surface area contributed by atoms with Gasteiger partial charge in [-0.05, 0) is 13.0 Å². The summed E-state index contributed by atoms with van der Waals surface area (Å²) < 4.78 is 40.0. The number of pyridine rings is 1. The number of rotatable bonds is 4. The number of amides is 1. The lowest BCUT2D eigenvalue weighted by atomic mass is 10.3. The van der Waals surface area contributed by atoms with Gasteiger partial charge in [0.2, 0.25) is 11.8 Å². The fourth-order valence-corrected chi connectivity index (χ4v) is 0.992. The summed E-state index contributed by atoms with van der Waals surface area (Å²) >= 11 is 5.53. The van der Waals surface area contributed by atoms with Crippen molar-refractivity contribution in [2.24, 2.45) is 0 Å². The van der Waals surface area contributed by atoms with E-state index in [1.165, 1.54) is 25.3 Å². The van der Waals surface area contributed by atoms with Crippen molar-refractivity contribution in [2.45, 2.75) is 18.5 Å². The number of nitrogens with one attached hydrogen (secondary N) is 1. The molecule has 1 aromatic heterocycles. The SMILES string of the molecule is CC(Cl)C(=O)Nc1ccc(OCC(F)(F)F)nc1. The van der Waals surface area contributed by atoms with Gasteiger partial charge in [0.15, 0.2) is 6.61 Å². The van der Waals surface area contributed by atoms with Crippen LogP contribution in [-0.2, 0) is 4.79 Å². The van der Waals surface area contributed by atoms with E-state index in [0.717, 1.165) is 0 Å². The lowest BCUT2D eigenvalue weighted by Crippen LogP contribution is -2.21. The van der Waals surface area contributed by atoms with E-state index in [2.05, 4.69) is 15.0 Å². The number of aromatic nitrogens is 1. The van der Waals surface area contributed by atoms with Crippen molar-refractivity contribution in [1.82, 2.24) is 4.98 Å². The van der Waals surface area contributed by atoms with Gasteiger partial charge < -0.3 is 10.1 Å². The van der Waals surface area contributed by atoms with Gasteiger partial charge in [0, 0.05) is 6.07 Å². The standard InChI is InChI=1S/C10H10ClF3N2O2/c1-6(11)9(17)16-7-2-3-8(15-4-7)18-5-10(12,13)14/h2-4,6H,5H2,1H3,(H,16,17). The summed E-state index contributed by atoms with van der Waals surface area (Å²) in [5.41, 5.74) is 0.326. The molecule has 1 rings (SSSR count). The third-order valence-electron chi connectivity index (χ3n) is 1.75. The van der Waals surface area contributed by atoms with Crippen LogP contribution in [0.3, 0.4) is 0 Å². The van der Waals surface area contributed by atoms with E-state index >= 15 is 0 Å². The zero-order chi connectivity index (χ0) is 13.8. The van der Waals surface area contributed by atoms with Crippen molar-refractivity contribution in [2.75, 3.05) is 11.9 Å². The van der Waals surface area contributed by atoms with Crippen LogP contribution in [0.2, 0.25) is 0 Å².